The molecule has 1 N–H and O–H groups in total. The van der Waals surface area contributed by atoms with Crippen molar-refractivity contribution in [1.82, 2.24) is 0 Å². The molecule has 0 amide bonds. The number of nitrogens with one attached hydrogen (secondary N) is 1. The van der Waals surface area contributed by atoms with Crippen molar-refractivity contribution < 1.29 is 19.0 Å². The van der Waals surface area contributed by atoms with Crippen molar-refractivity contribution >= 4 is 23.0 Å². The van der Waals surface area contributed by atoms with E-state index in [1.54, 1.807) is 7.11 Å². The van der Waals surface area contributed by atoms with Gasteiger partial charge in [0, 0.05) is 53.5 Å². The molecule has 2 atom stereocenters. The molecule has 2 aliphatic rings. The number of carbonyl (C=O) groups is 1. The van der Waals surface area contributed by atoms with Crippen molar-refractivity contribution in [3.8, 4) is 11.5 Å². The van der Waals surface area contributed by atoms with Crippen LogP contribution in [-0.2, 0) is 15.1 Å². The standard InChI is InChI=1S/C32H30N2O4/c1-4-30(36-3)34(5-2)23-16-17-26-29(20-23)37-28-18-15-22(33-21-11-7-6-8-12-21)19-27(28)32(26)25-14-10-9-13-24(25)31(35)38-32/h6-20,30,33H,4-5H2,1-3H3. The summed E-state index contributed by atoms with van der Waals surface area (Å²) in [6.45, 7) is 4.99. The summed E-state index contributed by atoms with van der Waals surface area (Å²) >= 11 is 0. The van der Waals surface area contributed by atoms with Gasteiger partial charge in [0.15, 0.2) is 5.60 Å². The van der Waals surface area contributed by atoms with Crippen LogP contribution in [0.2, 0.25) is 0 Å². The van der Waals surface area contributed by atoms with E-state index in [9.17, 15) is 4.79 Å². The number of methoxy groups -OCH3 is 1. The van der Waals surface area contributed by atoms with Crippen LogP contribution < -0.4 is 15.0 Å². The molecule has 0 aromatic heterocycles. The number of rotatable bonds is 7. The van der Waals surface area contributed by atoms with Crippen molar-refractivity contribution in [1.29, 1.82) is 0 Å². The molecule has 2 unspecified atom stereocenters. The first kappa shape index (κ1) is 24.1. The van der Waals surface area contributed by atoms with Crippen molar-refractivity contribution in [2.24, 2.45) is 0 Å². The van der Waals surface area contributed by atoms with Crippen LogP contribution in [0.4, 0.5) is 17.1 Å². The van der Waals surface area contributed by atoms with Crippen LogP contribution >= 0.6 is 0 Å². The van der Waals surface area contributed by atoms with Crippen LogP contribution in [-0.4, -0.2) is 25.9 Å². The first-order valence-electron chi connectivity index (χ1n) is 13.0. The number of benzene rings is 4. The zero-order chi connectivity index (χ0) is 26.3. The van der Waals surface area contributed by atoms with Crippen LogP contribution in [0, 0.1) is 0 Å². The predicted octanol–water partition coefficient (Wildman–Crippen LogP) is 7.21. The Balaban J connectivity index is 1.53. The van der Waals surface area contributed by atoms with Crippen molar-refractivity contribution in [2.45, 2.75) is 32.1 Å². The molecule has 4 aromatic rings. The Labute approximate surface area is 222 Å². The highest BCUT2D eigenvalue weighted by Crippen LogP contribution is 2.57. The molecule has 38 heavy (non-hydrogen) atoms. The van der Waals surface area contributed by atoms with Gasteiger partial charge in [-0.05, 0) is 61.9 Å². The average molecular weight is 507 g/mol. The molecule has 6 rings (SSSR count). The van der Waals surface area contributed by atoms with E-state index < -0.39 is 5.60 Å². The maximum Gasteiger partial charge on any atom is 0.340 e. The van der Waals surface area contributed by atoms with E-state index >= 15 is 0 Å². The summed E-state index contributed by atoms with van der Waals surface area (Å²) in [6, 6.07) is 29.6. The molecule has 0 saturated heterocycles. The third-order valence-electron chi connectivity index (χ3n) is 7.40. The summed E-state index contributed by atoms with van der Waals surface area (Å²) in [6.07, 6.45) is 0.788. The lowest BCUT2D eigenvalue weighted by Crippen LogP contribution is -2.37. The van der Waals surface area contributed by atoms with Crippen LogP contribution in [0.15, 0.2) is 91.0 Å². The van der Waals surface area contributed by atoms with Crippen LogP contribution in [0.25, 0.3) is 0 Å². The fourth-order valence-electron chi connectivity index (χ4n) is 5.67. The third-order valence-corrected chi connectivity index (χ3v) is 7.40. The monoisotopic (exact) mass is 506 g/mol. The minimum absolute atomic E-state index is 0.0560. The van der Waals surface area contributed by atoms with Gasteiger partial charge in [0.1, 0.15) is 17.7 Å². The Bertz CT molecular complexity index is 1500. The summed E-state index contributed by atoms with van der Waals surface area (Å²) in [5.41, 5.74) is 4.67. The minimum Gasteiger partial charge on any atom is -0.456 e. The zero-order valence-electron chi connectivity index (χ0n) is 21.7. The van der Waals surface area contributed by atoms with Gasteiger partial charge in [-0.25, -0.2) is 4.79 Å². The predicted molar refractivity (Wildman–Crippen MR) is 149 cm³/mol. The highest BCUT2D eigenvalue weighted by Gasteiger charge is 2.53. The Morgan fingerprint density at radius 3 is 2.39 bits per heavy atom. The molecule has 4 aromatic carbocycles. The Morgan fingerprint density at radius 2 is 1.63 bits per heavy atom. The van der Waals surface area contributed by atoms with Crippen LogP contribution in [0.5, 0.6) is 11.5 Å². The van der Waals surface area contributed by atoms with Crippen LogP contribution in [0.3, 0.4) is 0 Å². The van der Waals surface area contributed by atoms with E-state index in [4.69, 9.17) is 14.2 Å². The van der Waals surface area contributed by atoms with E-state index in [1.807, 2.05) is 84.9 Å². The molecule has 6 heteroatoms. The highest BCUT2D eigenvalue weighted by molar-refractivity contribution is 5.97. The minimum atomic E-state index is -1.12. The first-order chi connectivity index (χ1) is 18.6. The van der Waals surface area contributed by atoms with Gasteiger partial charge in [-0.2, -0.15) is 0 Å². The summed E-state index contributed by atoms with van der Waals surface area (Å²) in [7, 11) is 1.73. The van der Waals surface area contributed by atoms with Gasteiger partial charge in [-0.15, -0.1) is 0 Å². The number of anilines is 3. The smallest absolute Gasteiger partial charge is 0.340 e. The second-order valence-electron chi connectivity index (χ2n) is 9.49. The fraction of sp³-hybridized carbons (Fsp3) is 0.219. The molecule has 2 aliphatic heterocycles. The molecule has 0 aliphatic carbocycles. The molecule has 0 fully saturated rings. The van der Waals surface area contributed by atoms with E-state index in [0.717, 1.165) is 46.7 Å². The summed E-state index contributed by atoms with van der Waals surface area (Å²) in [5.74, 6) is 0.970. The van der Waals surface area contributed by atoms with Crippen molar-refractivity contribution in [3.05, 3.63) is 113 Å². The maximum absolute atomic E-state index is 13.2. The van der Waals surface area contributed by atoms with Gasteiger partial charge in [0.2, 0.25) is 0 Å². The van der Waals surface area contributed by atoms with Gasteiger partial charge in [-0.1, -0.05) is 43.3 Å². The molecule has 0 radical (unpaired) electrons. The van der Waals surface area contributed by atoms with Crippen molar-refractivity contribution in [2.75, 3.05) is 23.9 Å². The lowest BCUT2D eigenvalue weighted by Gasteiger charge is -2.38. The molecule has 6 nitrogen and oxygen atoms in total. The van der Waals surface area contributed by atoms with Gasteiger partial charge < -0.3 is 24.4 Å². The quantitative estimate of drug-likeness (QED) is 0.211. The fourth-order valence-corrected chi connectivity index (χ4v) is 5.67. The molecule has 192 valence electrons. The average Bonchev–Trinajstić information content (AvgIpc) is 3.25. The number of hydrogen-bond donors (Lipinski definition) is 1. The SMILES string of the molecule is CCC(OC)N(CC)c1ccc2c(c1)Oc1ccc(Nc3ccccc3)cc1C21OC(=O)c2ccccc21. The van der Waals surface area contributed by atoms with E-state index in [-0.39, 0.29) is 12.2 Å². The number of fused-ring (bicyclic) bond motifs is 6. The first-order valence-corrected chi connectivity index (χ1v) is 13.0. The summed E-state index contributed by atoms with van der Waals surface area (Å²) in [5, 5.41) is 3.46. The largest absolute Gasteiger partial charge is 0.456 e. The Morgan fingerprint density at radius 1 is 0.842 bits per heavy atom. The molecule has 2 heterocycles. The number of nitrogens with zero attached hydrogens (tertiary/aromatic N) is 1. The summed E-state index contributed by atoms with van der Waals surface area (Å²) < 4.78 is 18.6. The summed E-state index contributed by atoms with van der Waals surface area (Å²) in [4.78, 5) is 15.4. The molecule has 0 saturated carbocycles. The molecular formula is C32H30N2O4. The highest BCUT2D eigenvalue weighted by atomic mass is 16.6. The number of para-hydroxylation sites is 1. The van der Waals surface area contributed by atoms with Gasteiger partial charge >= 0.3 is 5.97 Å². The Kier molecular flexibility index (Phi) is 6.04. The van der Waals surface area contributed by atoms with E-state index in [1.165, 1.54) is 0 Å². The van der Waals surface area contributed by atoms with Crippen LogP contribution in [0.1, 0.15) is 47.3 Å². The van der Waals surface area contributed by atoms with Crippen molar-refractivity contribution in [3.63, 3.8) is 0 Å². The second-order valence-corrected chi connectivity index (χ2v) is 9.49. The molecular weight excluding hydrogens is 476 g/mol. The number of hydrogen-bond acceptors (Lipinski definition) is 6. The lowest BCUT2D eigenvalue weighted by atomic mass is 9.77. The zero-order valence-corrected chi connectivity index (χ0v) is 21.7. The molecule has 1 spiro atoms. The normalized spacial score (nSPS) is 17.6. The number of carbonyl (C=O) groups excluding carboxylic acids is 1. The Hall–Kier alpha value is -4.29. The van der Waals surface area contributed by atoms with Gasteiger partial charge in [0.25, 0.3) is 0 Å². The van der Waals surface area contributed by atoms with Gasteiger partial charge in [-0.3, -0.25) is 0 Å². The van der Waals surface area contributed by atoms with E-state index in [2.05, 4.69) is 30.1 Å². The topological polar surface area (TPSA) is 60.0 Å². The van der Waals surface area contributed by atoms with E-state index in [0.29, 0.717) is 17.1 Å². The number of ether oxygens (including phenoxy) is 3. The van der Waals surface area contributed by atoms with Gasteiger partial charge in [0.05, 0.1) is 5.56 Å². The maximum atomic E-state index is 13.2. The third kappa shape index (κ3) is 3.72. The lowest BCUT2D eigenvalue weighted by molar-refractivity contribution is 0.0224. The molecule has 0 bridgehead atoms. The second kappa shape index (κ2) is 9.54. The number of esters is 1.